The Morgan fingerprint density at radius 2 is 1.71 bits per heavy atom. The number of benzene rings is 2. The van der Waals surface area contributed by atoms with Crippen molar-refractivity contribution in [2.45, 2.75) is 44.6 Å². The van der Waals surface area contributed by atoms with Gasteiger partial charge in [0.25, 0.3) is 0 Å². The Labute approximate surface area is 165 Å². The van der Waals surface area contributed by atoms with Gasteiger partial charge in [-0.3, -0.25) is 9.80 Å². The second-order valence-corrected chi connectivity index (χ2v) is 8.21. The number of carbonyl (C=O) groups excluding carboxylic acids is 1. The molecule has 2 heterocycles. The number of rotatable bonds is 2. The molecule has 3 aliphatic rings. The molecule has 0 unspecified atom stereocenters. The van der Waals surface area contributed by atoms with Gasteiger partial charge in [0.2, 0.25) is 0 Å². The van der Waals surface area contributed by atoms with Gasteiger partial charge in [-0.25, -0.2) is 9.18 Å². The molecule has 4 nitrogen and oxygen atoms in total. The van der Waals surface area contributed by atoms with Gasteiger partial charge in [-0.15, -0.1) is 0 Å². The Kier molecular flexibility index (Phi) is 4.55. The first-order chi connectivity index (χ1) is 13.7. The number of anilines is 2. The summed E-state index contributed by atoms with van der Waals surface area (Å²) in [6.07, 6.45) is 6.89. The molecule has 0 spiro atoms. The lowest BCUT2D eigenvalue weighted by Gasteiger charge is -2.36. The van der Waals surface area contributed by atoms with Crippen molar-refractivity contribution in [2.75, 3.05) is 29.9 Å². The summed E-state index contributed by atoms with van der Waals surface area (Å²) in [6.45, 7) is 2.84. The standard InChI is InChI=1S/C23H26FN3O/c24-19-5-7-22-18(14-19)10-13-27(22)23(28)25-20-6-4-16-8-11-26(21-2-1-3-21)12-9-17(16)15-20/h4-7,14-15,21H,1-3,8-13H2,(H,25,28). The Hall–Kier alpha value is -2.40. The molecule has 1 fully saturated rings. The first-order valence-corrected chi connectivity index (χ1v) is 10.4. The maximum atomic E-state index is 13.4. The Morgan fingerprint density at radius 3 is 2.50 bits per heavy atom. The molecule has 0 saturated heterocycles. The third-order valence-corrected chi connectivity index (χ3v) is 6.57. The molecule has 0 aromatic heterocycles. The van der Waals surface area contributed by atoms with Crippen LogP contribution in [-0.2, 0) is 19.3 Å². The average molecular weight is 379 g/mol. The minimum absolute atomic E-state index is 0.143. The van der Waals surface area contributed by atoms with E-state index in [9.17, 15) is 9.18 Å². The number of hydrogen-bond donors (Lipinski definition) is 1. The van der Waals surface area contributed by atoms with E-state index >= 15 is 0 Å². The summed E-state index contributed by atoms with van der Waals surface area (Å²) in [6, 6.07) is 11.6. The van der Waals surface area contributed by atoms with Gasteiger partial charge < -0.3 is 5.32 Å². The Morgan fingerprint density at radius 1 is 0.929 bits per heavy atom. The highest BCUT2D eigenvalue weighted by Crippen LogP contribution is 2.30. The largest absolute Gasteiger partial charge is 0.326 e. The highest BCUT2D eigenvalue weighted by molar-refractivity contribution is 6.03. The van der Waals surface area contributed by atoms with Crippen LogP contribution in [0, 0.1) is 5.82 Å². The molecule has 5 heteroatoms. The number of halogens is 1. The highest BCUT2D eigenvalue weighted by atomic mass is 19.1. The lowest BCUT2D eigenvalue weighted by Crippen LogP contribution is -2.41. The number of nitrogens with one attached hydrogen (secondary N) is 1. The van der Waals surface area contributed by atoms with E-state index in [0.717, 1.165) is 48.9 Å². The maximum absolute atomic E-state index is 13.4. The van der Waals surface area contributed by atoms with E-state index in [4.69, 9.17) is 0 Å². The van der Waals surface area contributed by atoms with Crippen LogP contribution >= 0.6 is 0 Å². The molecule has 1 saturated carbocycles. The lowest BCUT2D eigenvalue weighted by molar-refractivity contribution is 0.133. The predicted octanol–water partition coefficient (Wildman–Crippen LogP) is 4.37. The molecular formula is C23H26FN3O. The molecule has 0 radical (unpaired) electrons. The van der Waals surface area contributed by atoms with Gasteiger partial charge >= 0.3 is 6.03 Å². The summed E-state index contributed by atoms with van der Waals surface area (Å²) >= 11 is 0. The average Bonchev–Trinajstić information content (AvgIpc) is 2.95. The predicted molar refractivity (Wildman–Crippen MR) is 110 cm³/mol. The minimum atomic E-state index is -0.247. The number of carbonyl (C=O) groups is 1. The van der Waals surface area contributed by atoms with Crippen LogP contribution in [0.3, 0.4) is 0 Å². The van der Waals surface area contributed by atoms with E-state index in [1.165, 1.54) is 42.5 Å². The van der Waals surface area contributed by atoms with E-state index < -0.39 is 0 Å². The van der Waals surface area contributed by atoms with Crippen molar-refractivity contribution in [2.24, 2.45) is 0 Å². The van der Waals surface area contributed by atoms with E-state index in [-0.39, 0.29) is 11.8 Å². The van der Waals surface area contributed by atoms with E-state index in [1.54, 1.807) is 11.0 Å². The van der Waals surface area contributed by atoms with Crippen LogP contribution in [0.15, 0.2) is 36.4 Å². The maximum Gasteiger partial charge on any atom is 0.326 e. The molecule has 2 amide bonds. The van der Waals surface area contributed by atoms with Crippen molar-refractivity contribution >= 4 is 17.4 Å². The monoisotopic (exact) mass is 379 g/mol. The zero-order valence-corrected chi connectivity index (χ0v) is 16.1. The zero-order chi connectivity index (χ0) is 19.1. The molecule has 0 atom stereocenters. The van der Waals surface area contributed by atoms with E-state index in [0.29, 0.717) is 13.0 Å². The summed E-state index contributed by atoms with van der Waals surface area (Å²) < 4.78 is 13.4. The molecule has 1 aliphatic carbocycles. The number of amides is 2. The molecule has 146 valence electrons. The van der Waals surface area contributed by atoms with Crippen LogP contribution in [0.1, 0.15) is 36.0 Å². The summed E-state index contributed by atoms with van der Waals surface area (Å²) in [5.41, 5.74) is 5.31. The fraction of sp³-hybridized carbons (Fsp3) is 0.435. The Bertz CT molecular complexity index is 909. The van der Waals surface area contributed by atoms with Crippen LogP contribution in [0.2, 0.25) is 0 Å². The smallest absolute Gasteiger partial charge is 0.308 e. The van der Waals surface area contributed by atoms with Gasteiger partial charge in [-0.2, -0.15) is 0 Å². The number of fused-ring (bicyclic) bond motifs is 2. The SMILES string of the molecule is O=C(Nc1ccc2c(c1)CCN(C1CCC1)CC2)N1CCc2cc(F)ccc21. The van der Waals surface area contributed by atoms with Crippen LogP contribution in [0.5, 0.6) is 0 Å². The van der Waals surface area contributed by atoms with Crippen LogP contribution in [-0.4, -0.2) is 36.6 Å². The van der Waals surface area contributed by atoms with Gasteiger partial charge in [-0.1, -0.05) is 12.5 Å². The molecule has 1 N–H and O–H groups in total. The molecule has 2 aromatic rings. The highest BCUT2D eigenvalue weighted by Gasteiger charge is 2.27. The van der Waals surface area contributed by atoms with Crippen molar-refractivity contribution in [3.8, 4) is 0 Å². The van der Waals surface area contributed by atoms with Gasteiger partial charge in [0.15, 0.2) is 0 Å². The fourth-order valence-corrected chi connectivity index (χ4v) is 4.71. The minimum Gasteiger partial charge on any atom is -0.308 e. The summed E-state index contributed by atoms with van der Waals surface area (Å²) in [5, 5.41) is 3.05. The van der Waals surface area contributed by atoms with Crippen molar-refractivity contribution in [3.05, 3.63) is 58.9 Å². The van der Waals surface area contributed by atoms with Gasteiger partial charge in [0.1, 0.15) is 5.82 Å². The summed E-state index contributed by atoms with van der Waals surface area (Å²) in [7, 11) is 0. The van der Waals surface area contributed by atoms with Crippen LogP contribution < -0.4 is 10.2 Å². The van der Waals surface area contributed by atoms with Gasteiger partial charge in [-0.05, 0) is 79.1 Å². The first-order valence-electron chi connectivity index (χ1n) is 10.4. The summed E-state index contributed by atoms with van der Waals surface area (Å²) in [5.74, 6) is -0.247. The molecule has 2 aromatic carbocycles. The third kappa shape index (κ3) is 3.28. The van der Waals surface area contributed by atoms with Crippen LogP contribution in [0.4, 0.5) is 20.6 Å². The molecule has 0 bridgehead atoms. The quantitative estimate of drug-likeness (QED) is 0.841. The van der Waals surface area contributed by atoms with Crippen molar-refractivity contribution in [1.29, 1.82) is 0 Å². The van der Waals surface area contributed by atoms with Gasteiger partial charge in [0.05, 0.1) is 0 Å². The fourth-order valence-electron chi connectivity index (χ4n) is 4.71. The third-order valence-electron chi connectivity index (χ3n) is 6.57. The Balaban J connectivity index is 1.28. The van der Waals surface area contributed by atoms with E-state index in [1.807, 2.05) is 6.07 Å². The lowest BCUT2D eigenvalue weighted by atomic mass is 9.91. The van der Waals surface area contributed by atoms with Crippen LogP contribution in [0.25, 0.3) is 0 Å². The van der Waals surface area contributed by atoms with Crippen molar-refractivity contribution < 1.29 is 9.18 Å². The van der Waals surface area contributed by atoms with Crippen molar-refractivity contribution in [3.63, 3.8) is 0 Å². The molecular weight excluding hydrogens is 353 g/mol. The number of nitrogens with zero attached hydrogens (tertiary/aromatic N) is 2. The van der Waals surface area contributed by atoms with E-state index in [2.05, 4.69) is 22.3 Å². The topological polar surface area (TPSA) is 35.6 Å². The van der Waals surface area contributed by atoms with Crippen molar-refractivity contribution in [1.82, 2.24) is 4.90 Å². The van der Waals surface area contributed by atoms with Gasteiger partial charge in [0, 0.05) is 37.1 Å². The summed E-state index contributed by atoms with van der Waals surface area (Å²) in [4.78, 5) is 17.1. The molecule has 28 heavy (non-hydrogen) atoms. The molecule has 2 aliphatic heterocycles. The molecule has 5 rings (SSSR count). The number of urea groups is 1. The first kappa shape index (κ1) is 17.7. The second kappa shape index (κ2) is 7.21. The number of hydrogen-bond acceptors (Lipinski definition) is 2. The zero-order valence-electron chi connectivity index (χ0n) is 16.1. The second-order valence-electron chi connectivity index (χ2n) is 8.21. The normalized spacial score (nSPS) is 19.5.